The van der Waals surface area contributed by atoms with E-state index in [9.17, 15) is 4.79 Å². The molecular formula is C15H20ClN3O2. The SMILES string of the molecule is O=C(NC[C@H]1CN(C2CC2)CCO1)Nc1ccccc1Cl. The normalized spacial score (nSPS) is 22.8. The van der Waals surface area contributed by atoms with E-state index in [0.717, 1.165) is 25.7 Å². The molecule has 0 aromatic heterocycles. The third-order valence-corrected chi connectivity index (χ3v) is 4.18. The molecular weight excluding hydrogens is 290 g/mol. The predicted octanol–water partition coefficient (Wildman–Crippen LogP) is 2.32. The van der Waals surface area contributed by atoms with E-state index >= 15 is 0 Å². The van der Waals surface area contributed by atoms with Gasteiger partial charge in [-0.05, 0) is 25.0 Å². The second-order valence-electron chi connectivity index (χ2n) is 5.53. The molecule has 2 N–H and O–H groups in total. The number of carbonyl (C=O) groups excluding carboxylic acids is 1. The van der Waals surface area contributed by atoms with Gasteiger partial charge in [0.25, 0.3) is 0 Å². The number of anilines is 1. The molecule has 21 heavy (non-hydrogen) atoms. The molecule has 1 saturated carbocycles. The van der Waals surface area contributed by atoms with E-state index in [-0.39, 0.29) is 12.1 Å². The minimum atomic E-state index is -0.254. The molecule has 114 valence electrons. The summed E-state index contributed by atoms with van der Waals surface area (Å²) in [6, 6.07) is 7.67. The molecule has 0 radical (unpaired) electrons. The molecule has 1 aliphatic heterocycles. The van der Waals surface area contributed by atoms with Crippen LogP contribution in [0.3, 0.4) is 0 Å². The van der Waals surface area contributed by atoms with E-state index in [2.05, 4.69) is 15.5 Å². The lowest BCUT2D eigenvalue weighted by atomic mass is 10.2. The fourth-order valence-electron chi connectivity index (χ4n) is 2.57. The Labute approximate surface area is 129 Å². The minimum Gasteiger partial charge on any atom is -0.374 e. The van der Waals surface area contributed by atoms with Gasteiger partial charge < -0.3 is 15.4 Å². The van der Waals surface area contributed by atoms with Crippen molar-refractivity contribution in [2.24, 2.45) is 0 Å². The number of benzene rings is 1. The van der Waals surface area contributed by atoms with Crippen LogP contribution in [-0.4, -0.2) is 49.3 Å². The van der Waals surface area contributed by atoms with Gasteiger partial charge in [0.1, 0.15) is 0 Å². The van der Waals surface area contributed by atoms with Crippen molar-refractivity contribution in [2.75, 3.05) is 31.6 Å². The highest BCUT2D eigenvalue weighted by Crippen LogP contribution is 2.28. The summed E-state index contributed by atoms with van der Waals surface area (Å²) >= 11 is 6.00. The summed E-state index contributed by atoms with van der Waals surface area (Å²) in [6.45, 7) is 3.17. The monoisotopic (exact) mass is 309 g/mol. The molecule has 1 saturated heterocycles. The number of morpholine rings is 1. The highest BCUT2D eigenvalue weighted by atomic mass is 35.5. The Balaban J connectivity index is 1.44. The van der Waals surface area contributed by atoms with Gasteiger partial charge in [0.15, 0.2) is 0 Å². The minimum absolute atomic E-state index is 0.0661. The molecule has 0 bridgehead atoms. The van der Waals surface area contributed by atoms with Crippen LogP contribution in [0.25, 0.3) is 0 Å². The number of rotatable bonds is 4. The maximum atomic E-state index is 11.9. The Morgan fingerprint density at radius 2 is 2.19 bits per heavy atom. The van der Waals surface area contributed by atoms with Crippen LogP contribution in [0.1, 0.15) is 12.8 Å². The lowest BCUT2D eigenvalue weighted by Gasteiger charge is -2.33. The smallest absolute Gasteiger partial charge is 0.319 e. The van der Waals surface area contributed by atoms with Crippen molar-refractivity contribution < 1.29 is 9.53 Å². The first-order chi connectivity index (χ1) is 10.2. The zero-order chi connectivity index (χ0) is 14.7. The van der Waals surface area contributed by atoms with Crippen LogP contribution >= 0.6 is 11.6 Å². The summed E-state index contributed by atoms with van der Waals surface area (Å²) in [5, 5.41) is 6.12. The molecule has 3 rings (SSSR count). The number of amides is 2. The predicted molar refractivity (Wildman–Crippen MR) is 82.8 cm³/mol. The number of nitrogens with zero attached hydrogens (tertiary/aromatic N) is 1. The average Bonchev–Trinajstić information content (AvgIpc) is 3.33. The fourth-order valence-corrected chi connectivity index (χ4v) is 2.76. The Morgan fingerprint density at radius 3 is 2.95 bits per heavy atom. The molecule has 1 aliphatic carbocycles. The van der Waals surface area contributed by atoms with Crippen LogP contribution < -0.4 is 10.6 Å². The molecule has 5 nitrogen and oxygen atoms in total. The van der Waals surface area contributed by atoms with Crippen molar-refractivity contribution >= 4 is 23.3 Å². The van der Waals surface area contributed by atoms with Gasteiger partial charge in [0.05, 0.1) is 23.4 Å². The third kappa shape index (κ3) is 4.09. The first kappa shape index (κ1) is 14.6. The zero-order valence-corrected chi connectivity index (χ0v) is 12.6. The summed E-state index contributed by atoms with van der Waals surface area (Å²) in [5.41, 5.74) is 0.612. The van der Waals surface area contributed by atoms with Gasteiger partial charge in [0.2, 0.25) is 0 Å². The first-order valence-corrected chi connectivity index (χ1v) is 7.75. The number of hydrogen-bond donors (Lipinski definition) is 2. The molecule has 0 spiro atoms. The second kappa shape index (κ2) is 6.64. The molecule has 6 heteroatoms. The Kier molecular flexibility index (Phi) is 4.63. The van der Waals surface area contributed by atoms with Crippen molar-refractivity contribution in [2.45, 2.75) is 25.0 Å². The van der Waals surface area contributed by atoms with Crippen molar-refractivity contribution in [3.05, 3.63) is 29.3 Å². The molecule has 1 heterocycles. The van der Waals surface area contributed by atoms with Gasteiger partial charge in [-0.25, -0.2) is 4.79 Å². The highest BCUT2D eigenvalue weighted by Gasteiger charge is 2.32. The number of carbonyl (C=O) groups is 1. The molecule has 1 atom stereocenters. The zero-order valence-electron chi connectivity index (χ0n) is 11.8. The quantitative estimate of drug-likeness (QED) is 0.897. The van der Waals surface area contributed by atoms with Crippen LogP contribution in [0.2, 0.25) is 5.02 Å². The van der Waals surface area contributed by atoms with Gasteiger partial charge in [0, 0.05) is 25.7 Å². The topological polar surface area (TPSA) is 53.6 Å². The van der Waals surface area contributed by atoms with E-state index in [1.54, 1.807) is 12.1 Å². The van der Waals surface area contributed by atoms with Gasteiger partial charge >= 0.3 is 6.03 Å². The molecule has 0 unspecified atom stereocenters. The Morgan fingerprint density at radius 1 is 1.38 bits per heavy atom. The number of para-hydroxylation sites is 1. The third-order valence-electron chi connectivity index (χ3n) is 3.85. The van der Waals surface area contributed by atoms with E-state index in [1.807, 2.05) is 12.1 Å². The Bertz CT molecular complexity index is 507. The first-order valence-electron chi connectivity index (χ1n) is 7.37. The molecule has 2 aliphatic rings. The van der Waals surface area contributed by atoms with Crippen LogP contribution in [-0.2, 0) is 4.74 Å². The van der Waals surface area contributed by atoms with E-state index < -0.39 is 0 Å². The van der Waals surface area contributed by atoms with E-state index in [1.165, 1.54) is 12.8 Å². The number of hydrogen-bond acceptors (Lipinski definition) is 3. The largest absolute Gasteiger partial charge is 0.374 e. The number of ether oxygens (including phenoxy) is 1. The summed E-state index contributed by atoms with van der Waals surface area (Å²) < 4.78 is 5.70. The molecule has 2 fully saturated rings. The van der Waals surface area contributed by atoms with Gasteiger partial charge in [-0.2, -0.15) is 0 Å². The van der Waals surface area contributed by atoms with Crippen LogP contribution in [0, 0.1) is 0 Å². The molecule has 1 aromatic rings. The average molecular weight is 310 g/mol. The van der Waals surface area contributed by atoms with Crippen molar-refractivity contribution in [3.63, 3.8) is 0 Å². The van der Waals surface area contributed by atoms with E-state index in [0.29, 0.717) is 17.3 Å². The van der Waals surface area contributed by atoms with Crippen LogP contribution in [0.15, 0.2) is 24.3 Å². The van der Waals surface area contributed by atoms with Gasteiger partial charge in [-0.1, -0.05) is 23.7 Å². The Hall–Kier alpha value is -1.30. The summed E-state index contributed by atoms with van der Waals surface area (Å²) in [7, 11) is 0. The summed E-state index contributed by atoms with van der Waals surface area (Å²) in [6.07, 6.45) is 2.66. The second-order valence-corrected chi connectivity index (χ2v) is 5.94. The van der Waals surface area contributed by atoms with E-state index in [4.69, 9.17) is 16.3 Å². The van der Waals surface area contributed by atoms with Crippen LogP contribution in [0.4, 0.5) is 10.5 Å². The molecule has 2 amide bonds. The standard InChI is InChI=1S/C15H20ClN3O2/c16-13-3-1-2-4-14(13)18-15(20)17-9-12-10-19(7-8-21-12)11-5-6-11/h1-4,11-12H,5-10H2,(H2,17,18,20)/t12-/m0/s1. The lowest BCUT2D eigenvalue weighted by Crippen LogP contribution is -2.48. The van der Waals surface area contributed by atoms with Gasteiger partial charge in [-0.3, -0.25) is 4.90 Å². The highest BCUT2D eigenvalue weighted by molar-refractivity contribution is 6.33. The van der Waals surface area contributed by atoms with Crippen LogP contribution in [0.5, 0.6) is 0 Å². The van der Waals surface area contributed by atoms with Gasteiger partial charge in [-0.15, -0.1) is 0 Å². The summed E-state index contributed by atoms with van der Waals surface area (Å²) in [5.74, 6) is 0. The maximum absolute atomic E-state index is 11.9. The fraction of sp³-hybridized carbons (Fsp3) is 0.533. The maximum Gasteiger partial charge on any atom is 0.319 e. The number of halogens is 1. The van der Waals surface area contributed by atoms with Crippen molar-refractivity contribution in [1.29, 1.82) is 0 Å². The lowest BCUT2D eigenvalue weighted by molar-refractivity contribution is -0.0286. The van der Waals surface area contributed by atoms with Crippen molar-refractivity contribution in [3.8, 4) is 0 Å². The molecule has 1 aromatic carbocycles. The summed E-state index contributed by atoms with van der Waals surface area (Å²) in [4.78, 5) is 14.3. The number of urea groups is 1. The number of nitrogens with one attached hydrogen (secondary N) is 2. The van der Waals surface area contributed by atoms with Crippen molar-refractivity contribution in [1.82, 2.24) is 10.2 Å².